The lowest BCUT2D eigenvalue weighted by molar-refractivity contribution is 0.362. The molecule has 0 aliphatic heterocycles. The normalized spacial score (nSPS) is 12.1. The van der Waals surface area contributed by atoms with Crippen LogP contribution in [0.25, 0.3) is 11.4 Å². The first-order valence-corrected chi connectivity index (χ1v) is 5.26. The van der Waals surface area contributed by atoms with E-state index >= 15 is 0 Å². The average Bonchev–Trinajstić information content (AvgIpc) is 2.79. The van der Waals surface area contributed by atoms with Gasteiger partial charge in [-0.05, 0) is 18.6 Å². The van der Waals surface area contributed by atoms with Crippen LogP contribution in [0.2, 0.25) is 0 Å². The molecule has 1 aromatic heterocycles. The molecule has 0 aliphatic rings. The van der Waals surface area contributed by atoms with Gasteiger partial charge in [0.2, 0.25) is 11.7 Å². The van der Waals surface area contributed by atoms with E-state index in [-0.39, 0.29) is 6.04 Å². The summed E-state index contributed by atoms with van der Waals surface area (Å²) in [6.45, 7) is 1.78. The molecule has 17 heavy (non-hydrogen) atoms. The molecule has 5 heteroatoms. The van der Waals surface area contributed by atoms with Crippen molar-refractivity contribution in [1.82, 2.24) is 10.1 Å². The van der Waals surface area contributed by atoms with E-state index in [1.807, 2.05) is 24.3 Å². The van der Waals surface area contributed by atoms with Crippen LogP contribution in [0.1, 0.15) is 24.4 Å². The second-order valence-electron chi connectivity index (χ2n) is 3.78. The molecule has 2 rings (SSSR count). The van der Waals surface area contributed by atoms with Crippen LogP contribution in [0, 0.1) is 11.3 Å². The minimum absolute atomic E-state index is 0.279. The van der Waals surface area contributed by atoms with Crippen molar-refractivity contribution in [2.75, 3.05) is 0 Å². The van der Waals surface area contributed by atoms with Gasteiger partial charge in [0.25, 0.3) is 0 Å². The lowest BCUT2D eigenvalue weighted by Gasteiger charge is -1.97. The fourth-order valence-electron chi connectivity index (χ4n) is 1.45. The fraction of sp³-hybridized carbons (Fsp3) is 0.250. The van der Waals surface area contributed by atoms with Gasteiger partial charge in [-0.25, -0.2) is 0 Å². The van der Waals surface area contributed by atoms with Crippen molar-refractivity contribution in [2.24, 2.45) is 5.73 Å². The molecular weight excluding hydrogens is 216 g/mol. The zero-order valence-electron chi connectivity index (χ0n) is 9.42. The van der Waals surface area contributed by atoms with Crippen molar-refractivity contribution < 1.29 is 4.52 Å². The molecule has 1 aromatic carbocycles. The summed E-state index contributed by atoms with van der Waals surface area (Å²) in [5.41, 5.74) is 7.40. The summed E-state index contributed by atoms with van der Waals surface area (Å²) >= 11 is 0. The minimum atomic E-state index is -0.279. The zero-order chi connectivity index (χ0) is 12.3. The standard InChI is InChI=1S/C12H12N4O/c1-8(14)12-15-11(16-17-12)10-4-2-3-9(7-10)5-6-13/h2-4,7-8H,5,14H2,1H3. The number of nitrogens with zero attached hydrogens (tertiary/aromatic N) is 3. The molecule has 0 aliphatic carbocycles. The van der Waals surface area contributed by atoms with Crippen LogP contribution in [0.15, 0.2) is 28.8 Å². The number of hydrogen-bond donors (Lipinski definition) is 1. The van der Waals surface area contributed by atoms with E-state index < -0.39 is 0 Å². The Balaban J connectivity index is 2.32. The molecule has 0 bridgehead atoms. The van der Waals surface area contributed by atoms with Crippen molar-refractivity contribution in [3.63, 3.8) is 0 Å². The van der Waals surface area contributed by atoms with Gasteiger partial charge in [-0.2, -0.15) is 10.2 Å². The van der Waals surface area contributed by atoms with E-state index in [9.17, 15) is 0 Å². The molecule has 0 spiro atoms. The Morgan fingerprint density at radius 1 is 1.53 bits per heavy atom. The van der Waals surface area contributed by atoms with E-state index in [1.54, 1.807) is 6.92 Å². The van der Waals surface area contributed by atoms with Crippen LogP contribution in [-0.2, 0) is 6.42 Å². The maximum atomic E-state index is 8.64. The van der Waals surface area contributed by atoms with Gasteiger partial charge in [0, 0.05) is 5.56 Å². The van der Waals surface area contributed by atoms with Gasteiger partial charge in [0.15, 0.2) is 0 Å². The molecule has 1 unspecified atom stereocenters. The quantitative estimate of drug-likeness (QED) is 0.865. The van der Waals surface area contributed by atoms with Crippen LogP contribution in [0.4, 0.5) is 0 Å². The van der Waals surface area contributed by atoms with Crippen LogP contribution in [0.5, 0.6) is 0 Å². The van der Waals surface area contributed by atoms with Crippen LogP contribution >= 0.6 is 0 Å². The van der Waals surface area contributed by atoms with Gasteiger partial charge in [-0.3, -0.25) is 0 Å². The van der Waals surface area contributed by atoms with Gasteiger partial charge in [0.05, 0.1) is 18.5 Å². The molecule has 0 amide bonds. The highest BCUT2D eigenvalue weighted by Crippen LogP contribution is 2.19. The van der Waals surface area contributed by atoms with E-state index in [0.717, 1.165) is 11.1 Å². The Hall–Kier alpha value is -2.19. The van der Waals surface area contributed by atoms with Crippen molar-refractivity contribution in [3.05, 3.63) is 35.7 Å². The molecule has 0 radical (unpaired) electrons. The van der Waals surface area contributed by atoms with Crippen LogP contribution in [0.3, 0.4) is 0 Å². The summed E-state index contributed by atoms with van der Waals surface area (Å²) in [6.07, 6.45) is 0.367. The topological polar surface area (TPSA) is 88.7 Å². The summed E-state index contributed by atoms with van der Waals surface area (Å²) in [5, 5.41) is 12.5. The van der Waals surface area contributed by atoms with Crippen molar-refractivity contribution in [2.45, 2.75) is 19.4 Å². The smallest absolute Gasteiger partial charge is 0.243 e. The van der Waals surface area contributed by atoms with Crippen LogP contribution in [-0.4, -0.2) is 10.1 Å². The van der Waals surface area contributed by atoms with Gasteiger partial charge >= 0.3 is 0 Å². The maximum absolute atomic E-state index is 8.64. The Labute approximate surface area is 98.9 Å². The lowest BCUT2D eigenvalue weighted by atomic mass is 10.1. The largest absolute Gasteiger partial charge is 0.337 e. The number of rotatable bonds is 3. The number of nitriles is 1. The molecule has 1 heterocycles. The highest BCUT2D eigenvalue weighted by molar-refractivity contribution is 5.55. The third-order valence-corrected chi connectivity index (χ3v) is 2.30. The van der Waals surface area contributed by atoms with Crippen LogP contribution < -0.4 is 5.73 Å². The zero-order valence-corrected chi connectivity index (χ0v) is 9.42. The van der Waals surface area contributed by atoms with E-state index in [0.29, 0.717) is 18.1 Å². The molecule has 1 atom stereocenters. The third kappa shape index (κ3) is 2.49. The van der Waals surface area contributed by atoms with Crippen molar-refractivity contribution in [1.29, 1.82) is 5.26 Å². The first-order chi connectivity index (χ1) is 8.20. The Kier molecular flexibility index (Phi) is 3.17. The number of nitrogens with two attached hydrogens (primary N) is 1. The van der Waals surface area contributed by atoms with Gasteiger partial charge in [-0.1, -0.05) is 23.4 Å². The lowest BCUT2D eigenvalue weighted by Crippen LogP contribution is -2.04. The number of aromatic nitrogens is 2. The fourth-order valence-corrected chi connectivity index (χ4v) is 1.45. The van der Waals surface area contributed by atoms with E-state index in [4.69, 9.17) is 15.5 Å². The average molecular weight is 228 g/mol. The monoisotopic (exact) mass is 228 g/mol. The van der Waals surface area contributed by atoms with Crippen molar-refractivity contribution >= 4 is 0 Å². The molecule has 0 fully saturated rings. The Bertz CT molecular complexity index is 554. The highest BCUT2D eigenvalue weighted by atomic mass is 16.5. The second kappa shape index (κ2) is 4.76. The van der Waals surface area contributed by atoms with E-state index in [2.05, 4.69) is 16.2 Å². The predicted octanol–water partition coefficient (Wildman–Crippen LogP) is 1.82. The summed E-state index contributed by atoms with van der Waals surface area (Å²) in [4.78, 5) is 4.20. The molecular formula is C12H12N4O. The Morgan fingerprint density at radius 3 is 3.00 bits per heavy atom. The molecule has 86 valence electrons. The minimum Gasteiger partial charge on any atom is -0.337 e. The second-order valence-corrected chi connectivity index (χ2v) is 3.78. The van der Waals surface area contributed by atoms with E-state index in [1.165, 1.54) is 0 Å². The Morgan fingerprint density at radius 2 is 2.35 bits per heavy atom. The molecule has 0 saturated carbocycles. The molecule has 0 saturated heterocycles. The number of benzene rings is 1. The van der Waals surface area contributed by atoms with Gasteiger partial charge < -0.3 is 10.3 Å². The highest BCUT2D eigenvalue weighted by Gasteiger charge is 2.11. The molecule has 2 aromatic rings. The van der Waals surface area contributed by atoms with Gasteiger partial charge in [0.1, 0.15) is 0 Å². The summed E-state index contributed by atoms with van der Waals surface area (Å²) < 4.78 is 5.03. The summed E-state index contributed by atoms with van der Waals surface area (Å²) in [5.74, 6) is 0.905. The third-order valence-electron chi connectivity index (χ3n) is 2.30. The molecule has 2 N–H and O–H groups in total. The van der Waals surface area contributed by atoms with Gasteiger partial charge in [-0.15, -0.1) is 0 Å². The first kappa shape index (κ1) is 11.3. The first-order valence-electron chi connectivity index (χ1n) is 5.26. The summed E-state index contributed by atoms with van der Waals surface area (Å²) in [7, 11) is 0. The summed E-state index contributed by atoms with van der Waals surface area (Å²) in [6, 6.07) is 9.32. The SMILES string of the molecule is CC(N)c1nc(-c2cccc(CC#N)c2)no1. The maximum Gasteiger partial charge on any atom is 0.243 e. The van der Waals surface area contributed by atoms with Crippen molar-refractivity contribution in [3.8, 4) is 17.5 Å². The predicted molar refractivity (Wildman–Crippen MR) is 61.7 cm³/mol. The number of hydrogen-bond acceptors (Lipinski definition) is 5. The molecule has 5 nitrogen and oxygen atoms in total.